The molecule has 6 heteroatoms. The molecule has 1 aliphatic heterocycles. The summed E-state index contributed by atoms with van der Waals surface area (Å²) in [6.07, 6.45) is 2.62. The van der Waals surface area contributed by atoms with Crippen molar-refractivity contribution in [2.24, 2.45) is 0 Å². The van der Waals surface area contributed by atoms with E-state index in [4.69, 9.17) is 5.11 Å². The molecule has 0 bridgehead atoms. The van der Waals surface area contributed by atoms with Gasteiger partial charge in [-0.25, -0.2) is 13.2 Å². The Bertz CT molecular complexity index is 636. The van der Waals surface area contributed by atoms with Crippen molar-refractivity contribution >= 4 is 27.6 Å². The van der Waals surface area contributed by atoms with Crippen LogP contribution in [-0.4, -0.2) is 43.6 Å². The third-order valence-corrected chi connectivity index (χ3v) is 5.12. The van der Waals surface area contributed by atoms with Crippen LogP contribution in [0.25, 0.3) is 6.08 Å². The van der Waals surface area contributed by atoms with Crippen LogP contribution in [0.4, 0.5) is 5.69 Å². The summed E-state index contributed by atoms with van der Waals surface area (Å²) < 4.78 is 23.2. The molecule has 20 heavy (non-hydrogen) atoms. The summed E-state index contributed by atoms with van der Waals surface area (Å²) >= 11 is 0. The van der Waals surface area contributed by atoms with Gasteiger partial charge < -0.3 is 10.0 Å². The Balaban J connectivity index is 2.31. The van der Waals surface area contributed by atoms with Gasteiger partial charge in [0.15, 0.2) is 9.84 Å². The highest BCUT2D eigenvalue weighted by Gasteiger charge is 2.28. The fraction of sp³-hybridized carbons (Fsp3) is 0.357. The van der Waals surface area contributed by atoms with Crippen molar-refractivity contribution in [3.05, 3.63) is 35.9 Å². The van der Waals surface area contributed by atoms with Crippen molar-refractivity contribution in [3.8, 4) is 0 Å². The minimum atomic E-state index is -2.97. The lowest BCUT2D eigenvalue weighted by atomic mass is 10.1. The molecule has 1 fully saturated rings. The smallest absolute Gasteiger partial charge is 0.328 e. The Labute approximate surface area is 118 Å². The lowest BCUT2D eigenvalue weighted by molar-refractivity contribution is -0.131. The highest BCUT2D eigenvalue weighted by molar-refractivity contribution is 7.91. The largest absolute Gasteiger partial charge is 0.478 e. The predicted molar refractivity (Wildman–Crippen MR) is 78.6 cm³/mol. The van der Waals surface area contributed by atoms with Gasteiger partial charge >= 0.3 is 5.97 Å². The lowest BCUT2D eigenvalue weighted by Gasteiger charge is -2.36. The van der Waals surface area contributed by atoms with Gasteiger partial charge in [0.25, 0.3) is 0 Å². The second-order valence-electron chi connectivity index (χ2n) is 4.89. The second kappa shape index (κ2) is 5.66. The number of carboxylic acids is 1. The molecule has 0 aliphatic carbocycles. The van der Waals surface area contributed by atoms with Crippen molar-refractivity contribution in [1.82, 2.24) is 0 Å². The van der Waals surface area contributed by atoms with Gasteiger partial charge in [-0.1, -0.05) is 18.2 Å². The second-order valence-corrected chi connectivity index (χ2v) is 7.12. The van der Waals surface area contributed by atoms with E-state index >= 15 is 0 Å². The number of aliphatic carboxylic acids is 1. The summed E-state index contributed by atoms with van der Waals surface area (Å²) in [6, 6.07) is 7.29. The predicted octanol–water partition coefficient (Wildman–Crippen LogP) is 1.41. The van der Waals surface area contributed by atoms with Gasteiger partial charge in [0, 0.05) is 24.4 Å². The fourth-order valence-corrected chi connectivity index (χ4v) is 3.96. The Morgan fingerprint density at radius 2 is 2.10 bits per heavy atom. The van der Waals surface area contributed by atoms with Gasteiger partial charge in [-0.2, -0.15) is 0 Å². The first-order chi connectivity index (χ1) is 9.39. The van der Waals surface area contributed by atoms with Crippen molar-refractivity contribution in [3.63, 3.8) is 0 Å². The van der Waals surface area contributed by atoms with Crippen LogP contribution >= 0.6 is 0 Å². The SMILES string of the molecule is CC1CS(=O)(=O)CCN1c1ccccc1/C=C/C(=O)O. The van der Waals surface area contributed by atoms with Crippen molar-refractivity contribution in [2.45, 2.75) is 13.0 Å². The third kappa shape index (κ3) is 3.39. The quantitative estimate of drug-likeness (QED) is 0.853. The Kier molecular flexibility index (Phi) is 4.13. The first kappa shape index (κ1) is 14.6. The van der Waals surface area contributed by atoms with Crippen molar-refractivity contribution < 1.29 is 18.3 Å². The molecule has 1 N–H and O–H groups in total. The van der Waals surface area contributed by atoms with Crippen LogP contribution in [0.1, 0.15) is 12.5 Å². The average Bonchev–Trinajstić information content (AvgIpc) is 2.36. The number of rotatable bonds is 3. The summed E-state index contributed by atoms with van der Waals surface area (Å²) in [4.78, 5) is 12.6. The topological polar surface area (TPSA) is 74.7 Å². The third-order valence-electron chi connectivity index (χ3n) is 3.32. The number of para-hydroxylation sites is 1. The van der Waals surface area contributed by atoms with E-state index in [-0.39, 0.29) is 17.5 Å². The molecule has 0 spiro atoms. The van der Waals surface area contributed by atoms with E-state index in [9.17, 15) is 13.2 Å². The Morgan fingerprint density at radius 1 is 1.40 bits per heavy atom. The molecule has 1 aromatic rings. The zero-order valence-electron chi connectivity index (χ0n) is 11.2. The van der Waals surface area contributed by atoms with Crippen LogP contribution in [0.2, 0.25) is 0 Å². The van der Waals surface area contributed by atoms with E-state index in [0.29, 0.717) is 6.54 Å². The zero-order valence-corrected chi connectivity index (χ0v) is 12.0. The van der Waals surface area contributed by atoms with Gasteiger partial charge in [-0.05, 0) is 24.6 Å². The average molecular weight is 295 g/mol. The first-order valence-electron chi connectivity index (χ1n) is 6.36. The van der Waals surface area contributed by atoms with E-state index in [1.807, 2.05) is 36.1 Å². The molecule has 1 unspecified atom stereocenters. The van der Waals surface area contributed by atoms with E-state index in [1.54, 1.807) is 0 Å². The van der Waals surface area contributed by atoms with Crippen molar-refractivity contribution in [2.75, 3.05) is 23.0 Å². The first-order valence-corrected chi connectivity index (χ1v) is 8.18. The molecule has 1 aliphatic rings. The normalized spacial score (nSPS) is 22.1. The number of hydrogen-bond donors (Lipinski definition) is 1. The maximum absolute atomic E-state index is 11.6. The van der Waals surface area contributed by atoms with E-state index in [1.165, 1.54) is 6.08 Å². The molecular formula is C14H17NO4S. The van der Waals surface area contributed by atoms with Crippen LogP contribution in [-0.2, 0) is 14.6 Å². The molecule has 2 rings (SSSR count). The molecule has 1 heterocycles. The summed E-state index contributed by atoms with van der Waals surface area (Å²) in [6.45, 7) is 2.30. The minimum Gasteiger partial charge on any atom is -0.478 e. The number of benzene rings is 1. The van der Waals surface area contributed by atoms with E-state index in [0.717, 1.165) is 17.3 Å². The number of nitrogens with zero attached hydrogens (tertiary/aromatic N) is 1. The number of carbonyl (C=O) groups is 1. The molecule has 5 nitrogen and oxygen atoms in total. The number of sulfone groups is 1. The van der Waals surface area contributed by atoms with E-state index in [2.05, 4.69) is 0 Å². The van der Waals surface area contributed by atoms with Crippen LogP contribution < -0.4 is 4.90 Å². The molecule has 1 aromatic carbocycles. The number of hydrogen-bond acceptors (Lipinski definition) is 4. The summed E-state index contributed by atoms with van der Waals surface area (Å²) in [7, 11) is -2.97. The number of anilines is 1. The Hall–Kier alpha value is -1.82. The summed E-state index contributed by atoms with van der Waals surface area (Å²) in [5.41, 5.74) is 1.65. The summed E-state index contributed by atoms with van der Waals surface area (Å²) in [5.74, 6) is -0.743. The molecular weight excluding hydrogens is 278 g/mol. The zero-order chi connectivity index (χ0) is 14.8. The highest BCUT2D eigenvalue weighted by Crippen LogP contribution is 2.26. The lowest BCUT2D eigenvalue weighted by Crippen LogP contribution is -2.47. The van der Waals surface area contributed by atoms with Crippen LogP contribution in [0, 0.1) is 0 Å². The van der Waals surface area contributed by atoms with Crippen LogP contribution in [0.3, 0.4) is 0 Å². The molecule has 0 amide bonds. The molecule has 1 saturated heterocycles. The molecule has 108 valence electrons. The summed E-state index contributed by atoms with van der Waals surface area (Å²) in [5, 5.41) is 8.72. The fourth-order valence-electron chi connectivity index (χ4n) is 2.41. The monoisotopic (exact) mass is 295 g/mol. The Morgan fingerprint density at radius 3 is 2.75 bits per heavy atom. The molecule has 0 aromatic heterocycles. The highest BCUT2D eigenvalue weighted by atomic mass is 32.2. The van der Waals surface area contributed by atoms with Gasteiger partial charge in [-0.15, -0.1) is 0 Å². The maximum Gasteiger partial charge on any atom is 0.328 e. The minimum absolute atomic E-state index is 0.117. The van der Waals surface area contributed by atoms with Gasteiger partial charge in [-0.3, -0.25) is 0 Å². The van der Waals surface area contributed by atoms with Gasteiger partial charge in [0.05, 0.1) is 11.5 Å². The number of carboxylic acid groups (broad SMARTS) is 1. The van der Waals surface area contributed by atoms with Gasteiger partial charge in [0.2, 0.25) is 0 Å². The maximum atomic E-state index is 11.6. The van der Waals surface area contributed by atoms with Gasteiger partial charge in [0.1, 0.15) is 0 Å². The molecule has 1 atom stereocenters. The standard InChI is InChI=1S/C14H17NO4S/c1-11-10-20(18,19)9-8-15(11)13-5-3-2-4-12(13)6-7-14(16)17/h2-7,11H,8-10H2,1H3,(H,16,17)/b7-6+. The van der Waals surface area contributed by atoms with Crippen molar-refractivity contribution in [1.29, 1.82) is 0 Å². The van der Waals surface area contributed by atoms with Crippen LogP contribution in [0.15, 0.2) is 30.3 Å². The molecule has 0 radical (unpaired) electrons. The van der Waals surface area contributed by atoms with Crippen LogP contribution in [0.5, 0.6) is 0 Å². The van der Waals surface area contributed by atoms with E-state index < -0.39 is 15.8 Å². The molecule has 0 saturated carbocycles.